The fraction of sp³-hybridized carbons (Fsp3) is 0.425. The SMILES string of the molecule is NCCC(=O)Nc1cc(C[n+]2cccc(/C=C/C(=O)NCCCCC3CCN(C(=O)c4ccccc4)CC3)c2)ccc1O[C@@H]1O[C@H](C(=O)O)[C@@H](O)[C@H](O)[C@H]1O. The third kappa shape index (κ3) is 11.7. The zero-order chi connectivity index (χ0) is 39.3. The van der Waals surface area contributed by atoms with Crippen LogP contribution in [0.25, 0.3) is 6.08 Å². The second-order valence-corrected chi connectivity index (χ2v) is 13.8. The quantitative estimate of drug-likeness (QED) is 0.0629. The number of carbonyl (C=O) groups excluding carboxylic acids is 3. The molecule has 2 saturated heterocycles. The number of piperidine rings is 1. The number of nitrogens with one attached hydrogen (secondary N) is 2. The summed E-state index contributed by atoms with van der Waals surface area (Å²) in [5.74, 6) is -1.46. The number of rotatable bonds is 16. The Balaban J connectivity index is 1.10. The highest BCUT2D eigenvalue weighted by molar-refractivity contribution is 5.94. The molecule has 2 fully saturated rings. The van der Waals surface area contributed by atoms with Crippen molar-refractivity contribution in [2.45, 2.75) is 75.8 Å². The Hall–Kier alpha value is -5.19. The van der Waals surface area contributed by atoms with Gasteiger partial charge in [0.2, 0.25) is 18.1 Å². The lowest BCUT2D eigenvalue weighted by Gasteiger charge is -2.38. The van der Waals surface area contributed by atoms with Gasteiger partial charge in [0.15, 0.2) is 25.0 Å². The standard InChI is InChI=1S/C40H49N5O10/c41-18-15-33(47)43-30-23-28(11-13-31(30)54-40-36(50)34(48)35(49)37(55-40)39(52)53)25-44-20-6-8-27(24-44)12-14-32(46)42-19-5-4-7-26-16-21-45(22-17-26)38(51)29-9-2-1-3-10-29/h1-3,6,8-14,20,23-24,26,34-37,40,48-50H,4-5,7,15-19,21-22,25,41H2,(H2-,42,43,46,47,52,53)/p+1/b14-12+/t34-,35-,36+,37-,40+/m0/s1. The summed E-state index contributed by atoms with van der Waals surface area (Å²) >= 11 is 0. The number of unbranched alkanes of at least 4 members (excludes halogenated alkanes) is 1. The first-order valence-electron chi connectivity index (χ1n) is 18.5. The van der Waals surface area contributed by atoms with Crippen molar-refractivity contribution < 1.29 is 53.6 Å². The van der Waals surface area contributed by atoms with Crippen LogP contribution in [0.15, 0.2) is 79.1 Å². The molecule has 0 radical (unpaired) electrons. The Bertz CT molecular complexity index is 1800. The van der Waals surface area contributed by atoms with Crippen LogP contribution in [-0.4, -0.2) is 106 Å². The number of aliphatic carboxylic acids is 1. The van der Waals surface area contributed by atoms with Crippen molar-refractivity contribution >= 4 is 35.5 Å². The maximum absolute atomic E-state index is 12.7. The van der Waals surface area contributed by atoms with E-state index in [0.717, 1.165) is 61.9 Å². The molecule has 1 aromatic heterocycles. The normalized spacial score (nSPS) is 21.6. The third-order valence-electron chi connectivity index (χ3n) is 9.68. The van der Waals surface area contributed by atoms with Crippen LogP contribution in [0.4, 0.5) is 5.69 Å². The molecule has 0 spiro atoms. The van der Waals surface area contributed by atoms with Crippen LogP contribution < -0.4 is 25.7 Å². The maximum Gasteiger partial charge on any atom is 0.335 e. The number of carboxylic acid groups (broad SMARTS) is 1. The highest BCUT2D eigenvalue weighted by Gasteiger charge is 2.48. The van der Waals surface area contributed by atoms with Gasteiger partial charge in [-0.2, -0.15) is 0 Å². The Morgan fingerprint density at radius 3 is 2.45 bits per heavy atom. The number of aromatic nitrogens is 1. The molecule has 0 bridgehead atoms. The lowest BCUT2D eigenvalue weighted by Crippen LogP contribution is -2.61. The van der Waals surface area contributed by atoms with E-state index in [9.17, 15) is 39.6 Å². The maximum atomic E-state index is 12.7. The number of nitrogens with zero attached hydrogens (tertiary/aromatic N) is 2. The van der Waals surface area contributed by atoms with Crippen LogP contribution in [0.5, 0.6) is 5.75 Å². The Morgan fingerprint density at radius 2 is 1.73 bits per heavy atom. The van der Waals surface area contributed by atoms with Crippen LogP contribution >= 0.6 is 0 Å². The van der Waals surface area contributed by atoms with Gasteiger partial charge in [0.1, 0.15) is 24.1 Å². The number of aliphatic hydroxyl groups excluding tert-OH is 3. The molecule has 3 heterocycles. The molecule has 294 valence electrons. The number of likely N-dealkylation sites (tertiary alicyclic amines) is 1. The van der Waals surface area contributed by atoms with Gasteiger partial charge in [-0.15, -0.1) is 0 Å². The van der Waals surface area contributed by atoms with Gasteiger partial charge < -0.3 is 51.2 Å². The second kappa shape index (κ2) is 19.9. The molecule has 5 rings (SSSR count). The van der Waals surface area contributed by atoms with E-state index in [2.05, 4.69) is 10.6 Å². The van der Waals surface area contributed by atoms with E-state index in [0.29, 0.717) is 19.0 Å². The smallest absolute Gasteiger partial charge is 0.335 e. The van der Waals surface area contributed by atoms with Crippen molar-refractivity contribution in [3.8, 4) is 5.75 Å². The van der Waals surface area contributed by atoms with E-state index in [4.69, 9.17) is 15.2 Å². The van der Waals surface area contributed by atoms with Crippen LogP contribution in [-0.2, 0) is 25.7 Å². The zero-order valence-corrected chi connectivity index (χ0v) is 30.5. The zero-order valence-electron chi connectivity index (χ0n) is 30.5. The fourth-order valence-corrected chi connectivity index (χ4v) is 6.63. The van der Waals surface area contributed by atoms with Gasteiger partial charge in [-0.3, -0.25) is 14.4 Å². The summed E-state index contributed by atoms with van der Waals surface area (Å²) in [6.45, 7) is 2.56. The van der Waals surface area contributed by atoms with E-state index in [1.807, 2.05) is 64.3 Å². The van der Waals surface area contributed by atoms with E-state index in [1.54, 1.807) is 18.2 Å². The van der Waals surface area contributed by atoms with Crippen LogP contribution in [0.2, 0.25) is 0 Å². The predicted molar refractivity (Wildman–Crippen MR) is 200 cm³/mol. The Kier molecular flexibility index (Phi) is 14.9. The van der Waals surface area contributed by atoms with Gasteiger partial charge in [0.05, 0.1) is 5.69 Å². The van der Waals surface area contributed by atoms with Crippen molar-refractivity contribution in [2.24, 2.45) is 11.7 Å². The first-order valence-corrected chi connectivity index (χ1v) is 18.5. The summed E-state index contributed by atoms with van der Waals surface area (Å²) in [4.78, 5) is 51.2. The first kappa shape index (κ1) is 41.0. The number of carboxylic acids is 1. The number of aliphatic hydroxyl groups is 3. The van der Waals surface area contributed by atoms with E-state index < -0.39 is 42.6 Å². The van der Waals surface area contributed by atoms with Crippen LogP contribution in [0.1, 0.15) is 60.0 Å². The van der Waals surface area contributed by atoms with Gasteiger partial charge in [-0.25, -0.2) is 9.36 Å². The van der Waals surface area contributed by atoms with Crippen LogP contribution in [0, 0.1) is 5.92 Å². The minimum Gasteiger partial charge on any atom is -0.479 e. The molecule has 0 saturated carbocycles. The summed E-state index contributed by atoms with van der Waals surface area (Å²) in [5, 5.41) is 45.7. The van der Waals surface area contributed by atoms with Crippen LogP contribution in [0.3, 0.4) is 0 Å². The molecule has 3 aromatic rings. The summed E-state index contributed by atoms with van der Waals surface area (Å²) in [6.07, 6.45) is 2.78. The number of amides is 3. The third-order valence-corrected chi connectivity index (χ3v) is 9.68. The van der Waals surface area contributed by atoms with E-state index in [1.165, 1.54) is 12.1 Å². The average molecular weight is 761 g/mol. The number of carbonyl (C=O) groups is 4. The molecular weight excluding hydrogens is 710 g/mol. The number of hydrogen-bond acceptors (Lipinski definition) is 10. The monoisotopic (exact) mass is 760 g/mol. The van der Waals surface area contributed by atoms with Gasteiger partial charge in [-0.1, -0.05) is 31.0 Å². The summed E-state index contributed by atoms with van der Waals surface area (Å²) in [6, 6.07) is 17.9. The largest absolute Gasteiger partial charge is 0.479 e. The van der Waals surface area contributed by atoms with Crippen molar-refractivity contribution in [1.82, 2.24) is 10.2 Å². The summed E-state index contributed by atoms with van der Waals surface area (Å²) in [7, 11) is 0. The van der Waals surface area contributed by atoms with E-state index >= 15 is 0 Å². The highest BCUT2D eigenvalue weighted by atomic mass is 16.7. The van der Waals surface area contributed by atoms with Crippen molar-refractivity contribution in [2.75, 3.05) is 31.5 Å². The summed E-state index contributed by atoms with van der Waals surface area (Å²) in [5.41, 5.74) is 7.97. The Morgan fingerprint density at radius 1 is 0.964 bits per heavy atom. The first-order chi connectivity index (χ1) is 26.5. The molecule has 5 atom stereocenters. The number of pyridine rings is 1. The van der Waals surface area contributed by atoms with Gasteiger partial charge in [0, 0.05) is 61.4 Å². The van der Waals surface area contributed by atoms with Gasteiger partial charge >= 0.3 is 5.97 Å². The molecule has 3 amide bonds. The lowest BCUT2D eigenvalue weighted by molar-refractivity contribution is -0.688. The predicted octanol–water partition coefficient (Wildman–Crippen LogP) is 1.43. The summed E-state index contributed by atoms with van der Waals surface area (Å²) < 4.78 is 12.9. The molecule has 0 aliphatic carbocycles. The molecule has 2 aromatic carbocycles. The highest BCUT2D eigenvalue weighted by Crippen LogP contribution is 2.31. The molecule has 2 aliphatic heterocycles. The number of ether oxygens (including phenoxy) is 2. The van der Waals surface area contributed by atoms with Crippen molar-refractivity contribution in [3.05, 3.63) is 95.8 Å². The minimum absolute atomic E-state index is 0.00825. The fourth-order valence-electron chi connectivity index (χ4n) is 6.63. The number of anilines is 1. The van der Waals surface area contributed by atoms with Gasteiger partial charge in [-0.05, 0) is 67.7 Å². The van der Waals surface area contributed by atoms with Gasteiger partial charge in [0.25, 0.3) is 5.91 Å². The number of nitrogens with two attached hydrogens (primary N) is 1. The topological polar surface area (TPSA) is 225 Å². The molecule has 2 aliphatic rings. The van der Waals surface area contributed by atoms with Crippen molar-refractivity contribution in [3.63, 3.8) is 0 Å². The lowest BCUT2D eigenvalue weighted by atomic mass is 9.91. The second-order valence-electron chi connectivity index (χ2n) is 13.8. The molecule has 8 N–H and O–H groups in total. The minimum atomic E-state index is -1.88. The van der Waals surface area contributed by atoms with E-state index in [-0.39, 0.29) is 36.2 Å². The average Bonchev–Trinajstić information content (AvgIpc) is 3.18. The molecule has 55 heavy (non-hydrogen) atoms. The molecule has 0 unspecified atom stereocenters. The molecular formula is C40H50N5O10+. The molecule has 15 nitrogen and oxygen atoms in total. The number of benzene rings is 2. The Labute approximate surface area is 319 Å². The number of hydrogen-bond donors (Lipinski definition) is 7. The van der Waals surface area contributed by atoms with Crippen molar-refractivity contribution in [1.29, 1.82) is 0 Å². The molecule has 15 heteroatoms.